The highest BCUT2D eigenvalue weighted by molar-refractivity contribution is 8.00. The van der Waals surface area contributed by atoms with Crippen LogP contribution in [0.15, 0.2) is 47.5 Å². The van der Waals surface area contributed by atoms with Crippen LogP contribution in [0.4, 0.5) is 5.69 Å². The summed E-state index contributed by atoms with van der Waals surface area (Å²) in [6, 6.07) is 15.5. The molecular weight excluding hydrogens is 370 g/mol. The van der Waals surface area contributed by atoms with Gasteiger partial charge in [-0.1, -0.05) is 17.8 Å². The lowest BCUT2D eigenvalue weighted by Gasteiger charge is -2.09. The molecule has 28 heavy (non-hydrogen) atoms. The summed E-state index contributed by atoms with van der Waals surface area (Å²) in [7, 11) is 0. The maximum Gasteiger partial charge on any atom is 0.234 e. The number of carbonyl (C=O) groups is 1. The van der Waals surface area contributed by atoms with Crippen molar-refractivity contribution in [3.63, 3.8) is 0 Å². The van der Waals surface area contributed by atoms with Gasteiger partial charge in [-0.25, -0.2) is 4.98 Å². The quantitative estimate of drug-likeness (QED) is 0.608. The standard InChI is InChI=1S/C22H21N3O2S/c1-4-27-19-6-5-16-10-17(12-23)22(25-20(16)11-19)28-13-21(26)24-18-8-14(2)7-15(3)9-18/h5-11H,4,13H2,1-3H3,(H,24,26). The van der Waals surface area contributed by atoms with E-state index < -0.39 is 0 Å². The Hall–Kier alpha value is -3.04. The molecular formula is C22H21N3O2S. The first-order valence-electron chi connectivity index (χ1n) is 8.97. The van der Waals surface area contributed by atoms with Gasteiger partial charge in [0.2, 0.25) is 5.91 Å². The second-order valence-electron chi connectivity index (χ2n) is 6.45. The number of amides is 1. The molecule has 1 heterocycles. The zero-order valence-electron chi connectivity index (χ0n) is 16.1. The van der Waals surface area contributed by atoms with Gasteiger partial charge in [0.15, 0.2) is 0 Å². The zero-order chi connectivity index (χ0) is 20.1. The molecule has 2 aromatic carbocycles. The van der Waals surface area contributed by atoms with Crippen molar-refractivity contribution in [1.29, 1.82) is 5.26 Å². The first-order valence-corrected chi connectivity index (χ1v) is 9.95. The number of carbonyl (C=O) groups excluding carboxylic acids is 1. The highest BCUT2D eigenvalue weighted by Gasteiger charge is 2.11. The molecule has 1 N–H and O–H groups in total. The van der Waals surface area contributed by atoms with Crippen LogP contribution in [0.5, 0.6) is 5.75 Å². The van der Waals surface area contributed by atoms with E-state index in [1.807, 2.05) is 51.1 Å². The summed E-state index contributed by atoms with van der Waals surface area (Å²) >= 11 is 1.25. The van der Waals surface area contributed by atoms with Crippen molar-refractivity contribution in [2.24, 2.45) is 0 Å². The molecule has 1 aromatic heterocycles. The number of nitrogens with one attached hydrogen (secondary N) is 1. The predicted octanol–water partition coefficient (Wildman–Crippen LogP) is 4.85. The number of aromatic nitrogens is 1. The summed E-state index contributed by atoms with van der Waals surface area (Å²) in [5, 5.41) is 13.8. The first kappa shape index (κ1) is 19.7. The molecule has 0 aliphatic carbocycles. The number of aryl methyl sites for hydroxylation is 2. The van der Waals surface area contributed by atoms with Crippen LogP contribution in [0.1, 0.15) is 23.6 Å². The first-order chi connectivity index (χ1) is 13.5. The lowest BCUT2D eigenvalue weighted by Crippen LogP contribution is -2.14. The molecule has 0 aliphatic rings. The van der Waals surface area contributed by atoms with E-state index in [0.717, 1.165) is 33.5 Å². The van der Waals surface area contributed by atoms with E-state index in [4.69, 9.17) is 4.74 Å². The molecule has 0 bridgehead atoms. The molecule has 0 atom stereocenters. The molecule has 0 aliphatic heterocycles. The van der Waals surface area contributed by atoms with Gasteiger partial charge in [-0.15, -0.1) is 0 Å². The molecule has 3 rings (SSSR count). The number of rotatable bonds is 6. The summed E-state index contributed by atoms with van der Waals surface area (Å²) in [5.74, 6) is 0.769. The fourth-order valence-corrected chi connectivity index (χ4v) is 3.72. The van der Waals surface area contributed by atoms with Crippen molar-refractivity contribution >= 4 is 34.3 Å². The Balaban J connectivity index is 1.76. The molecule has 0 unspecified atom stereocenters. The Morgan fingerprint density at radius 1 is 1.18 bits per heavy atom. The minimum absolute atomic E-state index is 0.135. The zero-order valence-corrected chi connectivity index (χ0v) is 16.9. The smallest absolute Gasteiger partial charge is 0.234 e. The van der Waals surface area contributed by atoms with Crippen molar-refractivity contribution in [2.75, 3.05) is 17.7 Å². The molecule has 1 amide bonds. The number of thioether (sulfide) groups is 1. The van der Waals surface area contributed by atoms with Crippen molar-refractivity contribution in [3.8, 4) is 11.8 Å². The van der Waals surface area contributed by atoms with E-state index >= 15 is 0 Å². The number of ether oxygens (including phenoxy) is 1. The van der Waals surface area contributed by atoms with Gasteiger partial charge >= 0.3 is 0 Å². The van der Waals surface area contributed by atoms with Crippen LogP contribution in [0, 0.1) is 25.2 Å². The van der Waals surface area contributed by atoms with Gasteiger partial charge in [0.05, 0.1) is 23.4 Å². The molecule has 0 saturated carbocycles. The van der Waals surface area contributed by atoms with Crippen LogP contribution in [0.25, 0.3) is 10.9 Å². The van der Waals surface area contributed by atoms with Crippen LogP contribution in [-0.4, -0.2) is 23.3 Å². The van der Waals surface area contributed by atoms with Gasteiger partial charge in [0.25, 0.3) is 0 Å². The molecule has 0 spiro atoms. The summed E-state index contributed by atoms with van der Waals surface area (Å²) in [6.45, 7) is 6.48. The molecule has 0 radical (unpaired) electrons. The fourth-order valence-electron chi connectivity index (χ4n) is 2.95. The van der Waals surface area contributed by atoms with Crippen LogP contribution in [0.3, 0.4) is 0 Å². The summed E-state index contributed by atoms with van der Waals surface area (Å²) in [4.78, 5) is 16.9. The fraction of sp³-hybridized carbons (Fsp3) is 0.227. The molecule has 0 saturated heterocycles. The van der Waals surface area contributed by atoms with Gasteiger partial charge in [-0.2, -0.15) is 5.26 Å². The Morgan fingerprint density at radius 2 is 1.93 bits per heavy atom. The average Bonchev–Trinajstić information content (AvgIpc) is 2.65. The van der Waals surface area contributed by atoms with Gasteiger partial charge in [0, 0.05) is 17.1 Å². The number of nitriles is 1. The van der Waals surface area contributed by atoms with E-state index in [-0.39, 0.29) is 11.7 Å². The summed E-state index contributed by atoms with van der Waals surface area (Å²) in [5.41, 5.74) is 4.16. The number of fused-ring (bicyclic) bond motifs is 1. The summed E-state index contributed by atoms with van der Waals surface area (Å²) in [6.07, 6.45) is 0. The van der Waals surface area contributed by atoms with Crippen LogP contribution < -0.4 is 10.1 Å². The van der Waals surface area contributed by atoms with E-state index in [0.29, 0.717) is 17.2 Å². The molecule has 0 fully saturated rings. The third-order valence-electron chi connectivity index (χ3n) is 4.03. The van der Waals surface area contributed by atoms with Crippen LogP contribution in [-0.2, 0) is 4.79 Å². The highest BCUT2D eigenvalue weighted by Crippen LogP contribution is 2.27. The predicted molar refractivity (Wildman–Crippen MR) is 113 cm³/mol. The maximum atomic E-state index is 12.3. The number of benzene rings is 2. The monoisotopic (exact) mass is 391 g/mol. The number of nitrogens with zero attached hydrogens (tertiary/aromatic N) is 2. The Kier molecular flexibility index (Phi) is 6.17. The lowest BCUT2D eigenvalue weighted by atomic mass is 10.1. The van der Waals surface area contributed by atoms with Crippen molar-refractivity contribution in [1.82, 2.24) is 4.98 Å². The van der Waals surface area contributed by atoms with E-state index in [1.54, 1.807) is 6.07 Å². The SMILES string of the molecule is CCOc1ccc2cc(C#N)c(SCC(=O)Nc3cc(C)cc(C)c3)nc2c1. The number of hydrogen-bond donors (Lipinski definition) is 1. The van der Waals surface area contributed by atoms with Crippen LogP contribution >= 0.6 is 11.8 Å². The van der Waals surface area contributed by atoms with Gasteiger partial charge < -0.3 is 10.1 Å². The molecule has 3 aromatic rings. The average molecular weight is 391 g/mol. The van der Waals surface area contributed by atoms with E-state index in [2.05, 4.69) is 22.4 Å². The topological polar surface area (TPSA) is 75.0 Å². The van der Waals surface area contributed by atoms with Crippen molar-refractivity contribution in [2.45, 2.75) is 25.8 Å². The molecule has 142 valence electrons. The Morgan fingerprint density at radius 3 is 2.61 bits per heavy atom. The third kappa shape index (κ3) is 4.81. The van der Waals surface area contributed by atoms with E-state index in [1.165, 1.54) is 11.8 Å². The molecule has 6 heteroatoms. The normalized spacial score (nSPS) is 10.5. The number of anilines is 1. The number of pyridine rings is 1. The van der Waals surface area contributed by atoms with Gasteiger partial charge in [-0.05, 0) is 62.2 Å². The minimum atomic E-state index is -0.135. The third-order valence-corrected chi connectivity index (χ3v) is 5.02. The lowest BCUT2D eigenvalue weighted by molar-refractivity contribution is -0.113. The van der Waals surface area contributed by atoms with Crippen LogP contribution in [0.2, 0.25) is 0 Å². The Bertz CT molecular complexity index is 1050. The van der Waals surface area contributed by atoms with Gasteiger partial charge in [0.1, 0.15) is 16.8 Å². The largest absolute Gasteiger partial charge is 0.494 e. The van der Waals surface area contributed by atoms with Crippen molar-refractivity contribution in [3.05, 3.63) is 59.2 Å². The van der Waals surface area contributed by atoms with E-state index in [9.17, 15) is 10.1 Å². The second-order valence-corrected chi connectivity index (χ2v) is 7.42. The number of hydrogen-bond acceptors (Lipinski definition) is 5. The summed E-state index contributed by atoms with van der Waals surface area (Å²) < 4.78 is 5.52. The minimum Gasteiger partial charge on any atom is -0.494 e. The Labute approximate surface area is 168 Å². The maximum absolute atomic E-state index is 12.3. The highest BCUT2D eigenvalue weighted by atomic mass is 32.2. The van der Waals surface area contributed by atoms with Crippen molar-refractivity contribution < 1.29 is 9.53 Å². The second kappa shape index (κ2) is 8.77. The molecule has 5 nitrogen and oxygen atoms in total. The van der Waals surface area contributed by atoms with Gasteiger partial charge in [-0.3, -0.25) is 4.79 Å².